The van der Waals surface area contributed by atoms with Gasteiger partial charge in [0.1, 0.15) is 0 Å². The standard InChI is InChI=1S/C22H38O4/c1-3-5-7-17-9-11-19(12-10-17)21-25-15-20(16-26-21)22-23-13-18(14-24-22)8-6-4-2/h6,8,17-22H,3-5,7,9-16H2,1-2H3/b8-6+/t17-,18-,19-,20-,21-,22-. The average Bonchev–Trinajstić information content (AvgIpc) is 2.72. The lowest BCUT2D eigenvalue weighted by Crippen LogP contribution is -2.46. The van der Waals surface area contributed by atoms with Gasteiger partial charge in [0, 0.05) is 11.8 Å². The number of ether oxygens (including phenoxy) is 4. The first-order valence-corrected chi connectivity index (χ1v) is 10.9. The maximum absolute atomic E-state index is 6.10. The van der Waals surface area contributed by atoms with Crippen LogP contribution in [0.25, 0.3) is 0 Å². The van der Waals surface area contributed by atoms with Crippen molar-refractivity contribution in [1.29, 1.82) is 0 Å². The molecule has 0 atom stereocenters. The molecule has 0 radical (unpaired) electrons. The van der Waals surface area contributed by atoms with Crippen LogP contribution in [0.3, 0.4) is 0 Å². The summed E-state index contributed by atoms with van der Waals surface area (Å²) in [6, 6.07) is 0. The van der Waals surface area contributed by atoms with Crippen molar-refractivity contribution in [2.75, 3.05) is 26.4 Å². The van der Waals surface area contributed by atoms with Crippen LogP contribution < -0.4 is 0 Å². The molecule has 4 nitrogen and oxygen atoms in total. The minimum absolute atomic E-state index is 0.0119. The van der Waals surface area contributed by atoms with Crippen LogP contribution in [0.15, 0.2) is 12.2 Å². The SMILES string of the molecule is CC/C=C/[C@H]1CO[C@H]([C@H]2CO[C@H]([C@H]3CC[C@H](CCCC)CC3)OC2)OC1. The predicted molar refractivity (Wildman–Crippen MR) is 103 cm³/mol. The first-order chi connectivity index (χ1) is 12.8. The summed E-state index contributed by atoms with van der Waals surface area (Å²) in [6.45, 7) is 7.30. The number of rotatable bonds is 7. The second-order valence-corrected chi connectivity index (χ2v) is 8.35. The fourth-order valence-electron chi connectivity index (χ4n) is 4.45. The molecule has 0 bridgehead atoms. The van der Waals surface area contributed by atoms with Crippen LogP contribution in [0.2, 0.25) is 0 Å². The molecule has 0 spiro atoms. The van der Waals surface area contributed by atoms with E-state index in [1.807, 2.05) is 0 Å². The van der Waals surface area contributed by atoms with Crippen molar-refractivity contribution in [3.63, 3.8) is 0 Å². The highest BCUT2D eigenvalue weighted by Crippen LogP contribution is 2.36. The Morgan fingerprint density at radius 2 is 1.38 bits per heavy atom. The zero-order valence-electron chi connectivity index (χ0n) is 16.7. The van der Waals surface area contributed by atoms with E-state index in [-0.39, 0.29) is 18.5 Å². The third-order valence-electron chi connectivity index (χ3n) is 6.17. The topological polar surface area (TPSA) is 36.9 Å². The molecule has 3 rings (SSSR count). The quantitative estimate of drug-likeness (QED) is 0.599. The summed E-state index contributed by atoms with van der Waals surface area (Å²) >= 11 is 0. The third kappa shape index (κ3) is 5.79. The summed E-state index contributed by atoms with van der Waals surface area (Å²) in [6.07, 6.45) is 14.6. The number of unbranched alkanes of at least 4 members (excludes halogenated alkanes) is 1. The van der Waals surface area contributed by atoms with E-state index in [1.165, 1.54) is 44.9 Å². The second kappa shape index (κ2) is 10.8. The molecular formula is C22H38O4. The predicted octanol–water partition coefficient (Wildman–Crippen LogP) is 4.93. The van der Waals surface area contributed by atoms with Crippen LogP contribution in [-0.2, 0) is 18.9 Å². The Balaban J connectivity index is 1.34. The lowest BCUT2D eigenvalue weighted by Gasteiger charge is -2.40. The zero-order valence-corrected chi connectivity index (χ0v) is 16.7. The smallest absolute Gasteiger partial charge is 0.164 e. The average molecular weight is 367 g/mol. The molecule has 0 N–H and O–H groups in total. The Hall–Kier alpha value is -0.420. The maximum Gasteiger partial charge on any atom is 0.164 e. The van der Waals surface area contributed by atoms with E-state index in [0.717, 1.165) is 25.6 Å². The number of allylic oxidation sites excluding steroid dienone is 1. The molecule has 2 saturated heterocycles. The van der Waals surface area contributed by atoms with Gasteiger partial charge in [0.25, 0.3) is 0 Å². The zero-order chi connectivity index (χ0) is 18.2. The van der Waals surface area contributed by atoms with Crippen LogP contribution in [0.1, 0.15) is 65.2 Å². The summed E-state index contributed by atoms with van der Waals surface area (Å²) in [5.74, 6) is 2.09. The maximum atomic E-state index is 6.10. The highest BCUT2D eigenvalue weighted by molar-refractivity contribution is 4.89. The van der Waals surface area contributed by atoms with E-state index >= 15 is 0 Å². The van der Waals surface area contributed by atoms with Crippen LogP contribution >= 0.6 is 0 Å². The molecule has 1 saturated carbocycles. The van der Waals surface area contributed by atoms with E-state index < -0.39 is 0 Å². The fraction of sp³-hybridized carbons (Fsp3) is 0.909. The van der Waals surface area contributed by atoms with Crippen molar-refractivity contribution in [2.24, 2.45) is 23.7 Å². The molecule has 0 aromatic rings. The number of hydrogen-bond acceptors (Lipinski definition) is 4. The monoisotopic (exact) mass is 366 g/mol. The van der Waals surface area contributed by atoms with Gasteiger partial charge in [-0.2, -0.15) is 0 Å². The Kier molecular flexibility index (Phi) is 8.44. The highest BCUT2D eigenvalue weighted by Gasteiger charge is 2.36. The summed E-state index contributed by atoms with van der Waals surface area (Å²) in [5.41, 5.74) is 0. The van der Waals surface area contributed by atoms with Gasteiger partial charge in [-0.3, -0.25) is 0 Å². The van der Waals surface area contributed by atoms with E-state index in [9.17, 15) is 0 Å². The minimum atomic E-state index is -0.174. The van der Waals surface area contributed by atoms with Crippen molar-refractivity contribution in [3.8, 4) is 0 Å². The van der Waals surface area contributed by atoms with E-state index in [0.29, 0.717) is 25.0 Å². The lowest BCUT2D eigenvalue weighted by atomic mass is 9.79. The second-order valence-electron chi connectivity index (χ2n) is 8.35. The first kappa shape index (κ1) is 20.3. The van der Waals surface area contributed by atoms with Crippen LogP contribution in [0.4, 0.5) is 0 Å². The molecular weight excluding hydrogens is 328 g/mol. The molecule has 0 unspecified atom stereocenters. The van der Waals surface area contributed by atoms with E-state index in [2.05, 4.69) is 26.0 Å². The van der Waals surface area contributed by atoms with Crippen LogP contribution in [0, 0.1) is 23.7 Å². The Bertz CT molecular complexity index is 400. The van der Waals surface area contributed by atoms with Gasteiger partial charge in [0.15, 0.2) is 12.6 Å². The van der Waals surface area contributed by atoms with E-state index in [1.54, 1.807) is 0 Å². The van der Waals surface area contributed by atoms with Crippen molar-refractivity contribution in [2.45, 2.75) is 77.8 Å². The summed E-state index contributed by atoms with van der Waals surface area (Å²) < 4.78 is 24.0. The normalized spacial score (nSPS) is 39.3. The Morgan fingerprint density at radius 1 is 0.769 bits per heavy atom. The summed E-state index contributed by atoms with van der Waals surface area (Å²) in [5, 5.41) is 0. The molecule has 3 fully saturated rings. The van der Waals surface area contributed by atoms with Crippen molar-refractivity contribution < 1.29 is 18.9 Å². The van der Waals surface area contributed by atoms with Gasteiger partial charge in [-0.15, -0.1) is 0 Å². The first-order valence-electron chi connectivity index (χ1n) is 10.9. The Labute approximate surface area is 159 Å². The van der Waals surface area contributed by atoms with Crippen LogP contribution in [0.5, 0.6) is 0 Å². The molecule has 26 heavy (non-hydrogen) atoms. The summed E-state index contributed by atoms with van der Waals surface area (Å²) in [4.78, 5) is 0. The van der Waals surface area contributed by atoms with Crippen LogP contribution in [-0.4, -0.2) is 39.0 Å². The van der Waals surface area contributed by atoms with Crippen molar-refractivity contribution in [1.82, 2.24) is 0 Å². The molecule has 2 aliphatic heterocycles. The molecule has 150 valence electrons. The van der Waals surface area contributed by atoms with E-state index in [4.69, 9.17) is 18.9 Å². The lowest BCUT2D eigenvalue weighted by molar-refractivity contribution is -0.288. The van der Waals surface area contributed by atoms with Crippen molar-refractivity contribution in [3.05, 3.63) is 12.2 Å². The molecule has 4 heteroatoms. The summed E-state index contributed by atoms with van der Waals surface area (Å²) in [7, 11) is 0. The molecule has 0 aromatic carbocycles. The fourth-order valence-corrected chi connectivity index (χ4v) is 4.45. The van der Waals surface area contributed by atoms with Gasteiger partial charge in [-0.25, -0.2) is 0 Å². The van der Waals surface area contributed by atoms with Gasteiger partial charge in [0.2, 0.25) is 0 Å². The molecule has 1 aliphatic carbocycles. The third-order valence-corrected chi connectivity index (χ3v) is 6.17. The van der Waals surface area contributed by atoms with Gasteiger partial charge in [-0.1, -0.05) is 45.3 Å². The molecule has 3 aliphatic rings. The largest absolute Gasteiger partial charge is 0.352 e. The Morgan fingerprint density at radius 3 is 2.00 bits per heavy atom. The van der Waals surface area contributed by atoms with Gasteiger partial charge in [0.05, 0.1) is 32.3 Å². The van der Waals surface area contributed by atoms with Crippen molar-refractivity contribution >= 4 is 0 Å². The van der Waals surface area contributed by atoms with Gasteiger partial charge < -0.3 is 18.9 Å². The molecule has 0 aromatic heterocycles. The molecule has 2 heterocycles. The number of hydrogen-bond donors (Lipinski definition) is 0. The van der Waals surface area contributed by atoms with Gasteiger partial charge in [-0.05, 0) is 38.0 Å². The molecule has 0 amide bonds. The highest BCUT2D eigenvalue weighted by atomic mass is 16.7. The minimum Gasteiger partial charge on any atom is -0.352 e. The van der Waals surface area contributed by atoms with Gasteiger partial charge >= 0.3 is 0 Å².